The van der Waals surface area contributed by atoms with Crippen LogP contribution in [-0.4, -0.2) is 58.6 Å². The van der Waals surface area contributed by atoms with Gasteiger partial charge in [-0.3, -0.25) is 15.1 Å². The lowest BCUT2D eigenvalue weighted by Crippen LogP contribution is -2.29. The largest absolute Gasteiger partial charge is 0.494 e. The Balaban J connectivity index is 1.87. The van der Waals surface area contributed by atoms with E-state index in [1.165, 1.54) is 37.6 Å². The highest BCUT2D eigenvalue weighted by molar-refractivity contribution is 8.40. The van der Waals surface area contributed by atoms with Crippen molar-refractivity contribution in [1.82, 2.24) is 19.9 Å². The molecule has 14 heteroatoms. The minimum absolute atomic E-state index is 0.0313. The number of hydrogen-bond acceptors (Lipinski definition) is 7. The van der Waals surface area contributed by atoms with Crippen molar-refractivity contribution in [1.29, 1.82) is 0 Å². The van der Waals surface area contributed by atoms with Crippen molar-refractivity contribution in [2.75, 3.05) is 32.4 Å². The maximum atomic E-state index is 16.2. The van der Waals surface area contributed by atoms with Crippen molar-refractivity contribution in [2.24, 2.45) is 0 Å². The number of pyridine rings is 1. The number of benzene rings is 2. The molecule has 1 aliphatic rings. The minimum atomic E-state index is -2.86. The van der Waals surface area contributed by atoms with Crippen LogP contribution in [0.4, 0.5) is 23.8 Å². The third-order valence-corrected chi connectivity index (χ3v) is 11.3. The number of nitrogens with zero attached hydrogens (tertiary/aromatic N) is 2. The highest BCUT2D eigenvalue weighted by Crippen LogP contribution is 2.74. The molecule has 0 aliphatic carbocycles. The van der Waals surface area contributed by atoms with Crippen LogP contribution in [0.25, 0.3) is 10.5 Å². The molecule has 1 aliphatic heterocycles. The zero-order valence-corrected chi connectivity index (χ0v) is 27.4. The van der Waals surface area contributed by atoms with E-state index in [2.05, 4.69) is 20.3 Å². The Morgan fingerprint density at radius 3 is 2.28 bits per heavy atom. The Morgan fingerprint density at radius 1 is 1.00 bits per heavy atom. The number of nitrogens with one attached hydrogen (secondary N) is 3. The molecule has 0 fully saturated rings. The average Bonchev–Trinajstić information content (AvgIpc) is 3.23. The van der Waals surface area contributed by atoms with E-state index in [0.717, 1.165) is 12.1 Å². The van der Waals surface area contributed by atoms with Crippen LogP contribution < -0.4 is 21.3 Å². The second kappa shape index (κ2) is 12.8. The molecule has 47 heavy (non-hydrogen) atoms. The van der Waals surface area contributed by atoms with Crippen LogP contribution in [-0.2, 0) is 10.5 Å². The number of hydrogen-bond donors (Lipinski definition) is 3. The van der Waals surface area contributed by atoms with Crippen molar-refractivity contribution >= 4 is 32.4 Å². The van der Waals surface area contributed by atoms with E-state index in [-0.39, 0.29) is 50.5 Å². The number of carbonyl (C=O) groups is 1. The van der Waals surface area contributed by atoms with Crippen LogP contribution in [0.1, 0.15) is 43.0 Å². The number of fused-ring (bicyclic) bond motifs is 1. The molecule has 4 aromatic rings. The molecule has 1 unspecified atom stereocenters. The van der Waals surface area contributed by atoms with Crippen molar-refractivity contribution in [3.8, 4) is 5.75 Å². The smallest absolute Gasteiger partial charge is 0.413 e. The van der Waals surface area contributed by atoms with Crippen LogP contribution in [0, 0.1) is 17.5 Å². The summed E-state index contributed by atoms with van der Waals surface area (Å²) in [5.41, 5.74) is -2.28. The number of aromatic nitrogens is 3. The molecule has 3 heterocycles. The Labute approximate surface area is 270 Å². The fraction of sp³-hybridized carbons (Fsp3) is 0.273. The molecular formula is C33H34F3N5O5S. The summed E-state index contributed by atoms with van der Waals surface area (Å²) in [6, 6.07) is 11.0. The Kier molecular flexibility index (Phi) is 9.11. The van der Waals surface area contributed by atoms with Crippen LogP contribution in [0.15, 0.2) is 69.3 Å². The van der Waals surface area contributed by atoms with Gasteiger partial charge in [0.05, 0.1) is 17.7 Å². The predicted molar refractivity (Wildman–Crippen MR) is 175 cm³/mol. The number of aromatic amines is 2. The molecule has 0 saturated carbocycles. The number of rotatable bonds is 8. The lowest BCUT2D eigenvalue weighted by molar-refractivity contribution is 0.0635. The summed E-state index contributed by atoms with van der Waals surface area (Å²) in [7, 11) is 1.92. The van der Waals surface area contributed by atoms with E-state index >= 15 is 13.2 Å². The van der Waals surface area contributed by atoms with Gasteiger partial charge in [-0.15, -0.1) is 0 Å². The lowest BCUT2D eigenvalue weighted by Gasteiger charge is -2.41. The summed E-state index contributed by atoms with van der Waals surface area (Å²) in [5.74, 6) is -2.60. The van der Waals surface area contributed by atoms with E-state index in [1.54, 1.807) is 51.9 Å². The third kappa shape index (κ3) is 6.56. The van der Waals surface area contributed by atoms with E-state index in [1.807, 2.05) is 0 Å². The third-order valence-electron chi connectivity index (χ3n) is 7.21. The van der Waals surface area contributed by atoms with E-state index in [0.29, 0.717) is 10.5 Å². The highest BCUT2D eigenvalue weighted by Gasteiger charge is 2.46. The minimum Gasteiger partial charge on any atom is -0.494 e. The van der Waals surface area contributed by atoms with Crippen molar-refractivity contribution in [2.45, 2.75) is 37.2 Å². The molecular weight excluding hydrogens is 635 g/mol. The molecule has 0 spiro atoms. The summed E-state index contributed by atoms with van der Waals surface area (Å²) in [5, 5.41) is 2.69. The molecule has 2 aromatic heterocycles. The summed E-state index contributed by atoms with van der Waals surface area (Å²) in [6.45, 7) is 5.14. The zero-order valence-electron chi connectivity index (χ0n) is 26.6. The Bertz CT molecular complexity index is 1980. The molecule has 10 nitrogen and oxygen atoms in total. The van der Waals surface area contributed by atoms with Gasteiger partial charge in [0, 0.05) is 45.0 Å². The second-order valence-electron chi connectivity index (χ2n) is 12.1. The molecule has 2 aromatic carbocycles. The Morgan fingerprint density at radius 2 is 1.68 bits per heavy atom. The van der Waals surface area contributed by atoms with Gasteiger partial charge in [0.15, 0.2) is 11.6 Å². The number of H-pyrrole nitrogens is 2. The number of methoxy groups -OCH3 is 1. The molecule has 3 N–H and O–H groups in total. The molecule has 0 bridgehead atoms. The normalized spacial score (nSPS) is 17.3. The van der Waals surface area contributed by atoms with Crippen LogP contribution >= 0.6 is 10.0 Å². The van der Waals surface area contributed by atoms with Crippen molar-refractivity contribution in [3.63, 3.8) is 0 Å². The number of carbonyl (C=O) groups excluding carboxylic acids is 1. The summed E-state index contributed by atoms with van der Waals surface area (Å²) < 4.78 is 57.6. The van der Waals surface area contributed by atoms with Gasteiger partial charge in [0.1, 0.15) is 23.1 Å². The molecule has 1 amide bonds. The first-order chi connectivity index (χ1) is 22.1. The number of ether oxygens (including phenoxy) is 2. The monoisotopic (exact) mass is 669 g/mol. The maximum absolute atomic E-state index is 16.2. The summed E-state index contributed by atoms with van der Waals surface area (Å²) in [6.07, 6.45) is 0.670. The zero-order chi connectivity index (χ0) is 34.3. The van der Waals surface area contributed by atoms with Crippen LogP contribution in [0.2, 0.25) is 0 Å². The standard InChI is InChI=1S/C33H34F3N5O5S/c1-33(2,3)46-32(44)38-24-14-13-18(15-37-24)28-25(19-9-7-12-23(45-6)27(19)36)26-29(42)39-31(43)40-30(26)47(28,17-41(4)5)16-20-21(34)10-8-11-22(20)35/h7-15H,16-17H2,1-6H3,(H,37,38,44)(H2,39,40,42,43). The van der Waals surface area contributed by atoms with E-state index in [9.17, 15) is 14.4 Å². The number of anilines is 1. The van der Waals surface area contributed by atoms with Gasteiger partial charge >= 0.3 is 11.8 Å². The fourth-order valence-electron chi connectivity index (χ4n) is 5.57. The number of amides is 1. The van der Waals surface area contributed by atoms with Gasteiger partial charge in [-0.25, -0.2) is 27.7 Å². The first kappa shape index (κ1) is 33.5. The fourth-order valence-corrected chi connectivity index (χ4v) is 10.1. The molecule has 1 atom stereocenters. The predicted octanol–water partition coefficient (Wildman–Crippen LogP) is 6.04. The van der Waals surface area contributed by atoms with Crippen LogP contribution in [0.5, 0.6) is 5.75 Å². The van der Waals surface area contributed by atoms with E-state index < -0.39 is 50.4 Å². The van der Waals surface area contributed by atoms with Crippen LogP contribution in [0.3, 0.4) is 0 Å². The van der Waals surface area contributed by atoms with Gasteiger partial charge in [0.2, 0.25) is 0 Å². The molecule has 0 radical (unpaired) electrons. The van der Waals surface area contributed by atoms with Crippen molar-refractivity contribution in [3.05, 3.63) is 115 Å². The first-order valence-corrected chi connectivity index (χ1v) is 16.4. The lowest BCUT2D eigenvalue weighted by atomic mass is 9.97. The van der Waals surface area contributed by atoms with Gasteiger partial charge in [0.25, 0.3) is 5.56 Å². The second-order valence-corrected chi connectivity index (χ2v) is 15.3. The SMILES string of the molecule is COc1cccc(C2=C(c3ccc(NC(=O)OC(C)(C)C)nc3)S(Cc3c(F)cccc3F)(CN(C)C)c3[nH]c(=O)[nH]c(=O)c32)c1F. The van der Waals surface area contributed by atoms with Crippen molar-refractivity contribution < 1.29 is 27.4 Å². The number of halogens is 3. The maximum Gasteiger partial charge on any atom is 0.413 e. The quantitative estimate of drug-likeness (QED) is 0.195. The highest BCUT2D eigenvalue weighted by atomic mass is 32.3. The van der Waals surface area contributed by atoms with E-state index in [4.69, 9.17) is 9.47 Å². The molecule has 248 valence electrons. The first-order valence-electron chi connectivity index (χ1n) is 14.4. The summed E-state index contributed by atoms with van der Waals surface area (Å²) >= 11 is 0. The summed E-state index contributed by atoms with van der Waals surface area (Å²) in [4.78, 5) is 50.5. The van der Waals surface area contributed by atoms with Gasteiger partial charge < -0.3 is 19.4 Å². The van der Waals surface area contributed by atoms with Gasteiger partial charge in [-0.05, 0) is 65.2 Å². The average molecular weight is 670 g/mol. The van der Waals surface area contributed by atoms with Gasteiger partial charge in [-0.2, -0.15) is 10.0 Å². The van der Waals surface area contributed by atoms with Gasteiger partial charge in [-0.1, -0.05) is 18.2 Å². The molecule has 5 rings (SSSR count). The Hall–Kier alpha value is -4.82. The topological polar surface area (TPSA) is 129 Å². The molecule has 0 saturated heterocycles.